The highest BCUT2D eigenvalue weighted by atomic mass is 15.0. The SMILES string of the molecule is c1ccc(-n2c3ccccc3c3c(-c4ccc(-c5ccc(-c6ncc7c(n6)-c6cccc8cccc-7c68)cc5)cc4)cccc32)cc1. The normalized spacial score (nSPS) is 11.8. The fraction of sp³-hybridized carbons (Fsp3) is 0. The molecule has 0 fully saturated rings. The van der Waals surface area contributed by atoms with Crippen LogP contribution in [-0.4, -0.2) is 14.5 Å². The first kappa shape index (κ1) is 26.0. The molecule has 0 bridgehead atoms. The standard InChI is InChI=1S/C44H27N3/c1-2-11-33(12-3-1)47-39-17-5-4-13-36(39)42-34(14-8-18-40(42)47)30-23-19-28(20-24-30)29-21-25-32(26-22-29)44-45-27-38-35-15-6-9-31-10-7-16-37(41(31)35)43(38)46-44/h1-27H. The number of hydrogen-bond donors (Lipinski definition) is 0. The number of fused-ring (bicyclic) bond motifs is 6. The minimum absolute atomic E-state index is 0.748. The number of aromatic nitrogens is 3. The molecule has 9 aromatic rings. The molecule has 2 heterocycles. The van der Waals surface area contributed by atoms with Crippen LogP contribution in [0.1, 0.15) is 0 Å². The molecule has 0 radical (unpaired) electrons. The predicted octanol–water partition coefficient (Wildman–Crippen LogP) is 11.4. The van der Waals surface area contributed by atoms with Gasteiger partial charge in [0.05, 0.1) is 16.7 Å². The monoisotopic (exact) mass is 597 g/mol. The first-order chi connectivity index (χ1) is 23.3. The van der Waals surface area contributed by atoms with E-state index in [1.807, 2.05) is 6.20 Å². The third-order valence-corrected chi connectivity index (χ3v) is 9.62. The molecule has 47 heavy (non-hydrogen) atoms. The molecule has 0 atom stereocenters. The van der Waals surface area contributed by atoms with Crippen LogP contribution < -0.4 is 0 Å². The Labute approximate surface area is 272 Å². The van der Waals surface area contributed by atoms with E-state index in [2.05, 4.69) is 162 Å². The number of hydrogen-bond acceptors (Lipinski definition) is 2. The second kappa shape index (κ2) is 10.1. The molecule has 3 heteroatoms. The highest BCUT2D eigenvalue weighted by Crippen LogP contribution is 2.46. The smallest absolute Gasteiger partial charge is 0.159 e. The van der Waals surface area contributed by atoms with Gasteiger partial charge in [-0.3, -0.25) is 0 Å². The van der Waals surface area contributed by atoms with Crippen molar-refractivity contribution in [3.8, 4) is 61.7 Å². The van der Waals surface area contributed by atoms with Gasteiger partial charge >= 0.3 is 0 Å². The van der Waals surface area contributed by atoms with Crippen molar-refractivity contribution in [3.63, 3.8) is 0 Å². The summed E-state index contributed by atoms with van der Waals surface area (Å²) in [6.45, 7) is 0. The molecule has 3 nitrogen and oxygen atoms in total. The molecular weight excluding hydrogens is 571 g/mol. The molecule has 1 aliphatic carbocycles. The van der Waals surface area contributed by atoms with Crippen molar-refractivity contribution in [1.82, 2.24) is 14.5 Å². The Balaban J connectivity index is 0.993. The molecule has 0 unspecified atom stereocenters. The maximum absolute atomic E-state index is 5.07. The van der Waals surface area contributed by atoms with E-state index in [4.69, 9.17) is 9.97 Å². The van der Waals surface area contributed by atoms with Crippen LogP contribution in [0.15, 0.2) is 164 Å². The third-order valence-electron chi connectivity index (χ3n) is 9.62. The fourth-order valence-electron chi connectivity index (χ4n) is 7.46. The molecular formula is C44H27N3. The van der Waals surface area contributed by atoms with Crippen LogP contribution in [-0.2, 0) is 0 Å². The topological polar surface area (TPSA) is 30.7 Å². The lowest BCUT2D eigenvalue weighted by Gasteiger charge is -2.10. The van der Waals surface area contributed by atoms with Crippen LogP contribution in [0.4, 0.5) is 0 Å². The summed E-state index contributed by atoms with van der Waals surface area (Å²) >= 11 is 0. The maximum Gasteiger partial charge on any atom is 0.159 e. The Hall–Kier alpha value is -6.32. The van der Waals surface area contributed by atoms with Crippen molar-refractivity contribution < 1.29 is 0 Å². The summed E-state index contributed by atoms with van der Waals surface area (Å²) in [7, 11) is 0. The number of benzene rings is 7. The van der Waals surface area contributed by atoms with Crippen LogP contribution in [0, 0.1) is 0 Å². The van der Waals surface area contributed by atoms with Gasteiger partial charge < -0.3 is 4.57 Å². The van der Waals surface area contributed by atoms with Crippen molar-refractivity contribution in [1.29, 1.82) is 0 Å². The van der Waals surface area contributed by atoms with Crippen molar-refractivity contribution in [2.24, 2.45) is 0 Å². The van der Waals surface area contributed by atoms with Crippen LogP contribution >= 0.6 is 0 Å². The van der Waals surface area contributed by atoms with Gasteiger partial charge in [-0.15, -0.1) is 0 Å². The third kappa shape index (κ3) is 3.93. The zero-order chi connectivity index (χ0) is 30.9. The van der Waals surface area contributed by atoms with E-state index in [1.54, 1.807) is 0 Å². The minimum atomic E-state index is 0.748. The minimum Gasteiger partial charge on any atom is -0.309 e. The Morgan fingerprint density at radius 3 is 1.81 bits per heavy atom. The van der Waals surface area contributed by atoms with Gasteiger partial charge in [-0.25, -0.2) is 9.97 Å². The molecule has 0 N–H and O–H groups in total. The van der Waals surface area contributed by atoms with Gasteiger partial charge in [0, 0.05) is 39.3 Å². The molecule has 1 aliphatic rings. The molecule has 0 saturated carbocycles. The average molecular weight is 598 g/mol. The van der Waals surface area contributed by atoms with Gasteiger partial charge in [0.1, 0.15) is 0 Å². The van der Waals surface area contributed by atoms with Gasteiger partial charge in [0.2, 0.25) is 0 Å². The van der Waals surface area contributed by atoms with Crippen LogP contribution in [0.3, 0.4) is 0 Å². The zero-order valence-corrected chi connectivity index (χ0v) is 25.4. The van der Waals surface area contributed by atoms with Gasteiger partial charge in [0.25, 0.3) is 0 Å². The van der Waals surface area contributed by atoms with E-state index in [1.165, 1.54) is 66.1 Å². The van der Waals surface area contributed by atoms with Crippen molar-refractivity contribution in [2.75, 3.05) is 0 Å². The molecule has 218 valence electrons. The highest BCUT2D eigenvalue weighted by Gasteiger charge is 2.23. The molecule has 0 spiro atoms. The lowest BCUT2D eigenvalue weighted by Crippen LogP contribution is -1.93. The lowest BCUT2D eigenvalue weighted by molar-refractivity contribution is 1.18. The van der Waals surface area contributed by atoms with Crippen molar-refractivity contribution in [2.45, 2.75) is 0 Å². The molecule has 10 rings (SSSR count). The van der Waals surface area contributed by atoms with Gasteiger partial charge in [-0.05, 0) is 62.9 Å². The van der Waals surface area contributed by atoms with Crippen LogP contribution in [0.25, 0.3) is 94.3 Å². The van der Waals surface area contributed by atoms with Gasteiger partial charge in [-0.1, -0.05) is 133 Å². The Morgan fingerprint density at radius 1 is 0.404 bits per heavy atom. The Bertz CT molecular complexity index is 2640. The predicted molar refractivity (Wildman–Crippen MR) is 195 cm³/mol. The summed E-state index contributed by atoms with van der Waals surface area (Å²) in [5.74, 6) is 0.748. The highest BCUT2D eigenvalue weighted by molar-refractivity contribution is 6.16. The molecule has 0 aliphatic heterocycles. The number of nitrogens with zero attached hydrogens (tertiary/aromatic N) is 3. The second-order valence-electron chi connectivity index (χ2n) is 12.2. The molecule has 2 aromatic heterocycles. The lowest BCUT2D eigenvalue weighted by atomic mass is 9.96. The van der Waals surface area contributed by atoms with E-state index < -0.39 is 0 Å². The Morgan fingerprint density at radius 2 is 1.02 bits per heavy atom. The van der Waals surface area contributed by atoms with E-state index in [0.717, 1.165) is 28.2 Å². The first-order valence-electron chi connectivity index (χ1n) is 16.0. The summed E-state index contributed by atoms with van der Waals surface area (Å²) < 4.78 is 2.37. The first-order valence-corrected chi connectivity index (χ1v) is 16.0. The van der Waals surface area contributed by atoms with Crippen molar-refractivity contribution in [3.05, 3.63) is 164 Å². The number of para-hydroxylation sites is 2. The van der Waals surface area contributed by atoms with Crippen molar-refractivity contribution >= 4 is 32.6 Å². The van der Waals surface area contributed by atoms with E-state index in [9.17, 15) is 0 Å². The Kier molecular flexibility index (Phi) is 5.57. The van der Waals surface area contributed by atoms with E-state index >= 15 is 0 Å². The van der Waals surface area contributed by atoms with E-state index in [0.29, 0.717) is 0 Å². The van der Waals surface area contributed by atoms with E-state index in [-0.39, 0.29) is 0 Å². The molecule has 0 saturated heterocycles. The average Bonchev–Trinajstić information content (AvgIpc) is 3.66. The quantitative estimate of drug-likeness (QED) is 0.202. The molecule has 7 aromatic carbocycles. The summed E-state index contributed by atoms with van der Waals surface area (Å²) in [5.41, 5.74) is 13.9. The number of rotatable bonds is 4. The van der Waals surface area contributed by atoms with Crippen LogP contribution in [0.2, 0.25) is 0 Å². The molecule has 0 amide bonds. The van der Waals surface area contributed by atoms with Gasteiger partial charge in [-0.2, -0.15) is 0 Å². The largest absolute Gasteiger partial charge is 0.309 e. The second-order valence-corrected chi connectivity index (χ2v) is 12.2. The van der Waals surface area contributed by atoms with Crippen LogP contribution in [0.5, 0.6) is 0 Å². The summed E-state index contributed by atoms with van der Waals surface area (Å²) in [4.78, 5) is 9.86. The fourth-order valence-corrected chi connectivity index (χ4v) is 7.46. The summed E-state index contributed by atoms with van der Waals surface area (Å²) in [5, 5.41) is 5.05. The maximum atomic E-state index is 5.07. The summed E-state index contributed by atoms with van der Waals surface area (Å²) in [6.07, 6.45) is 1.98. The summed E-state index contributed by atoms with van der Waals surface area (Å²) in [6, 6.07) is 56.4. The zero-order valence-electron chi connectivity index (χ0n) is 25.4. The van der Waals surface area contributed by atoms with Gasteiger partial charge in [0.15, 0.2) is 5.82 Å².